The van der Waals surface area contributed by atoms with Crippen LogP contribution < -0.4 is 28.4 Å². The molecule has 0 bridgehead atoms. The highest BCUT2D eigenvalue weighted by atomic mass is 32.2. The zero-order chi connectivity index (χ0) is 82.5. The fourth-order valence-corrected chi connectivity index (χ4v) is 18.4. The highest BCUT2D eigenvalue weighted by Gasteiger charge is 2.46. The zero-order valence-electron chi connectivity index (χ0n) is 65.6. The maximum absolute atomic E-state index is 15.6. The van der Waals surface area contributed by atoms with E-state index >= 15 is 43.2 Å². The summed E-state index contributed by atoms with van der Waals surface area (Å²) in [6.07, 6.45) is -8.93. The van der Waals surface area contributed by atoms with E-state index in [0.29, 0.717) is 99.4 Å². The molecule has 12 aromatic rings. The summed E-state index contributed by atoms with van der Waals surface area (Å²) in [5, 5.41) is 25.5. The summed E-state index contributed by atoms with van der Waals surface area (Å²) in [6, 6.07) is 56.8. The minimum absolute atomic E-state index is 0.0292. The highest BCUT2D eigenvalue weighted by molar-refractivity contribution is 7.89. The number of benzene rings is 10. The van der Waals surface area contributed by atoms with E-state index in [4.69, 9.17) is 28.4 Å². The van der Waals surface area contributed by atoms with Crippen LogP contribution in [0.4, 0.5) is 26.3 Å². The van der Waals surface area contributed by atoms with Crippen molar-refractivity contribution in [1.29, 1.82) is 0 Å². The zero-order valence-corrected chi connectivity index (χ0v) is 67.3. The second kappa shape index (κ2) is 34.1. The Morgan fingerprint density at radius 1 is 0.397 bits per heavy atom. The Hall–Kier alpha value is -11.5. The lowest BCUT2D eigenvalue weighted by Crippen LogP contribution is -2.43. The first kappa shape index (κ1) is 82.4. The quantitative estimate of drug-likeness (QED) is 0.0364. The molecule has 2 aliphatic heterocycles. The number of fused-ring (bicyclic) bond motifs is 2. The van der Waals surface area contributed by atoms with Gasteiger partial charge in [0.25, 0.3) is 0 Å². The Balaban J connectivity index is 0.000000202. The van der Waals surface area contributed by atoms with Gasteiger partial charge in [-0.1, -0.05) is 121 Å². The topological polar surface area (TPSA) is 217 Å². The van der Waals surface area contributed by atoms with Gasteiger partial charge >= 0.3 is 12.4 Å². The molecule has 604 valence electrons. The number of hydrogen-bond acceptors (Lipinski definition) is 16. The number of ether oxygens (including phenoxy) is 6. The largest absolute Gasteiger partial charge is 0.497 e. The van der Waals surface area contributed by atoms with E-state index in [-0.39, 0.29) is 73.2 Å². The van der Waals surface area contributed by atoms with Gasteiger partial charge in [0, 0.05) is 55.7 Å². The van der Waals surface area contributed by atoms with Crippen LogP contribution in [-0.2, 0) is 97.6 Å². The molecule has 2 aromatic heterocycles. The third kappa shape index (κ3) is 18.4. The second-order valence-corrected chi connectivity index (χ2v) is 33.4. The summed E-state index contributed by atoms with van der Waals surface area (Å²) in [6.45, 7) is 2.04. The number of likely N-dealkylation sites (N-methyl/N-ethyl adjacent to an activating group) is 2. The van der Waals surface area contributed by atoms with Crippen LogP contribution in [0.5, 0.6) is 34.5 Å². The number of alkyl halides is 6. The Morgan fingerprint density at radius 3 is 1.09 bits per heavy atom. The van der Waals surface area contributed by atoms with Crippen molar-refractivity contribution >= 4 is 20.0 Å². The average Bonchev–Trinajstić information content (AvgIpc) is 1.07. The van der Waals surface area contributed by atoms with Gasteiger partial charge in [0.2, 0.25) is 25.9 Å². The molecule has 10 aromatic carbocycles. The number of methoxy groups -OCH3 is 6. The van der Waals surface area contributed by atoms with Crippen LogP contribution in [0.25, 0.3) is 45.0 Å². The highest BCUT2D eigenvalue weighted by Crippen LogP contribution is 2.50. The Kier molecular flexibility index (Phi) is 24.2. The number of nitrogens with zero attached hydrogens (tertiary/aromatic N) is 12. The number of halogens is 6. The third-order valence-electron chi connectivity index (χ3n) is 20.9. The van der Waals surface area contributed by atoms with Crippen molar-refractivity contribution in [1.82, 2.24) is 49.0 Å². The molecule has 4 heterocycles. The summed E-state index contributed by atoms with van der Waals surface area (Å²) < 4.78 is 192. The normalized spacial score (nSPS) is 13.9. The third-order valence-corrected chi connectivity index (χ3v) is 24.6. The van der Waals surface area contributed by atoms with Gasteiger partial charge in [0.15, 0.2) is 5.82 Å². The Bertz CT molecular complexity index is 5620. The van der Waals surface area contributed by atoms with Crippen LogP contribution in [0.15, 0.2) is 216 Å². The lowest BCUT2D eigenvalue weighted by atomic mass is 9.87. The number of hydrogen-bond donors (Lipinski definition) is 0. The number of rotatable bonds is 26. The second-order valence-electron chi connectivity index (χ2n) is 29.7. The lowest BCUT2D eigenvalue weighted by molar-refractivity contribution is -0.905. The van der Waals surface area contributed by atoms with Crippen LogP contribution >= 0.6 is 0 Å². The first-order valence-corrected chi connectivity index (χ1v) is 39.9. The van der Waals surface area contributed by atoms with Crippen LogP contribution in [0.1, 0.15) is 66.8 Å². The maximum atomic E-state index is 15.6. The molecule has 116 heavy (non-hydrogen) atoms. The minimum atomic E-state index is -5.09. The molecule has 0 saturated heterocycles. The molecule has 0 aliphatic carbocycles. The molecule has 0 saturated carbocycles. The molecule has 0 fully saturated rings. The molecular formula is C86H88F6N12O10S2+2. The minimum Gasteiger partial charge on any atom is -0.497 e. The van der Waals surface area contributed by atoms with E-state index < -0.39 is 53.3 Å². The fraction of sp³-hybridized carbons (Fsp3) is 0.279. The molecule has 2 aliphatic rings. The predicted molar refractivity (Wildman–Crippen MR) is 425 cm³/mol. The van der Waals surface area contributed by atoms with Gasteiger partial charge in [0.05, 0.1) is 114 Å². The molecule has 22 nitrogen and oxygen atoms in total. The lowest BCUT2D eigenvalue weighted by Gasteiger charge is -2.36. The molecule has 0 amide bonds. The van der Waals surface area contributed by atoms with Crippen molar-refractivity contribution in [3.05, 3.63) is 273 Å². The average molecular weight is 1630 g/mol. The molecule has 30 heteroatoms. The molecule has 0 radical (unpaired) electrons. The molecule has 14 rings (SSSR count). The van der Waals surface area contributed by atoms with Gasteiger partial charge < -0.3 is 37.4 Å². The first-order chi connectivity index (χ1) is 55.4. The van der Waals surface area contributed by atoms with E-state index in [1.54, 1.807) is 160 Å². The molecule has 0 unspecified atom stereocenters. The molecule has 0 atom stereocenters. The molecular weight excluding hydrogens is 1540 g/mol. The van der Waals surface area contributed by atoms with Crippen LogP contribution in [0.2, 0.25) is 0 Å². The van der Waals surface area contributed by atoms with E-state index in [0.717, 1.165) is 70.6 Å². The van der Waals surface area contributed by atoms with E-state index in [1.165, 1.54) is 50.1 Å². The monoisotopic (exact) mass is 1630 g/mol. The Morgan fingerprint density at radius 2 is 0.733 bits per heavy atom. The van der Waals surface area contributed by atoms with Gasteiger partial charge in [-0.3, -0.25) is 0 Å². The Labute approximate surface area is 669 Å². The maximum Gasteiger partial charge on any atom is 0.417 e. The van der Waals surface area contributed by atoms with Gasteiger partial charge in [-0.2, -0.15) is 39.7 Å². The van der Waals surface area contributed by atoms with Crippen molar-refractivity contribution in [2.75, 3.05) is 83.9 Å². The smallest absolute Gasteiger partial charge is 0.417 e. The van der Waals surface area contributed by atoms with Gasteiger partial charge in [-0.25, -0.2) is 21.5 Å². The summed E-state index contributed by atoms with van der Waals surface area (Å²) in [7, 11) is 7.53. The van der Waals surface area contributed by atoms with E-state index in [2.05, 4.69) is 59.1 Å². The number of sulfonamides is 2. The van der Waals surface area contributed by atoms with Crippen LogP contribution in [0.3, 0.4) is 0 Å². The van der Waals surface area contributed by atoms with Crippen molar-refractivity contribution in [2.45, 2.75) is 87.3 Å². The number of tetrazole rings is 2. The molecule has 0 spiro atoms. The summed E-state index contributed by atoms with van der Waals surface area (Å²) >= 11 is 0. The van der Waals surface area contributed by atoms with Gasteiger partial charge in [-0.05, 0) is 167 Å². The predicted octanol–water partition coefficient (Wildman–Crippen LogP) is 15.2. The van der Waals surface area contributed by atoms with Crippen molar-refractivity contribution in [3.8, 4) is 79.5 Å². The van der Waals surface area contributed by atoms with Gasteiger partial charge in [0.1, 0.15) is 57.4 Å². The van der Waals surface area contributed by atoms with E-state index in [1.807, 2.05) is 36.4 Å². The summed E-state index contributed by atoms with van der Waals surface area (Å²) in [5.41, 5.74) is 6.12. The van der Waals surface area contributed by atoms with Crippen molar-refractivity contribution in [3.63, 3.8) is 0 Å². The number of aromatic nitrogens is 8. The molecule has 0 N–H and O–H groups in total. The van der Waals surface area contributed by atoms with Gasteiger partial charge in [-0.15, -0.1) is 15.3 Å². The van der Waals surface area contributed by atoms with Crippen molar-refractivity contribution in [2.24, 2.45) is 0 Å². The van der Waals surface area contributed by atoms with Crippen molar-refractivity contribution < 1.29 is 80.6 Å². The first-order valence-electron chi connectivity index (χ1n) is 37.1. The SMILES string of the molecule is COc1ccc(CN(Cc2ccc(OC)cc2)S(=O)(=O)c2c(C(F)(F)F)ccc(-c3cccc4c3CC[N+](C)(C)C4)c2-c2nnn(Cc3ccc(OC)cc3)n2)cc1.COc1ccc(CN(Cc2ccc(OC)cc2)S(=O)(=O)c2c(C(F)(F)F)ccc(-c3cccc4c3CC[N+](C)(C)C4)c2-c2nnnn2Cc2ccc(OC)cc2)cc1. The standard InChI is InChI=1S/2C43H44F3N6O5S/c1-52(2)24-23-36-32(28-52)7-6-8-37(36)38-21-22-39(43(44,45)46)41(40(38)42-47-48-49-51(42)27-31-13-19-35(57-5)20-14-31)58(53,54)50(25-29-9-15-33(55-3)16-10-29)26-30-11-17-34(56-4)18-12-30;1-52(2)24-23-36-32(28-52)7-6-8-37(36)38-21-22-39(43(44,45)46)41(40(38)42-47-49-51(48-42)27-31-13-19-35(57-5)20-14-31)58(53,54)50(25-29-9-15-33(55-3)16-10-29)26-30-11-17-34(56-4)18-12-30/h2*6-22H,23-28H2,1-5H3/q2*+1. The van der Waals surface area contributed by atoms with Crippen LogP contribution in [-0.4, -0.2) is 159 Å². The fourth-order valence-electron chi connectivity index (χ4n) is 14.8. The number of quaternary nitrogens is 2. The van der Waals surface area contributed by atoms with E-state index in [9.17, 15) is 0 Å². The van der Waals surface area contributed by atoms with Crippen LogP contribution in [0, 0.1) is 0 Å². The summed E-state index contributed by atoms with van der Waals surface area (Å²) in [5.74, 6) is 3.03. The summed E-state index contributed by atoms with van der Waals surface area (Å²) in [4.78, 5) is -0.646.